The second-order valence-electron chi connectivity index (χ2n) is 6.50. The molecular formula is C22H27Cl2N3O2S. The van der Waals surface area contributed by atoms with Crippen molar-refractivity contribution in [3.8, 4) is 5.75 Å². The maximum absolute atomic E-state index is 12.4. The summed E-state index contributed by atoms with van der Waals surface area (Å²) in [5, 5.41) is 9.05. The number of anilines is 1. The Hall–Kier alpha value is -2.12. The molecule has 8 heteroatoms. The molecule has 0 saturated carbocycles. The molecule has 0 spiro atoms. The monoisotopic (exact) mass is 467 g/mol. The Labute approximate surface area is 194 Å². The summed E-state index contributed by atoms with van der Waals surface area (Å²) in [7, 11) is 0. The first-order chi connectivity index (χ1) is 13.6. The lowest BCUT2D eigenvalue weighted by Crippen LogP contribution is -2.18. The fourth-order valence-corrected chi connectivity index (χ4v) is 3.40. The molecule has 3 aromatic rings. The second-order valence-corrected chi connectivity index (χ2v) is 7.44. The lowest BCUT2D eigenvalue weighted by Gasteiger charge is -2.11. The van der Waals surface area contributed by atoms with Gasteiger partial charge in [0.2, 0.25) is 5.91 Å². The number of para-hydroxylation sites is 1. The quantitative estimate of drug-likeness (QED) is 0.455. The zero-order valence-electron chi connectivity index (χ0n) is 17.0. The third kappa shape index (κ3) is 7.95. The molecule has 0 atom stereocenters. The number of aryl methyl sites for hydroxylation is 1. The summed E-state index contributed by atoms with van der Waals surface area (Å²) in [6.07, 6.45) is 0.247. The van der Waals surface area contributed by atoms with Crippen molar-refractivity contribution in [2.45, 2.75) is 33.4 Å². The predicted molar refractivity (Wildman–Crippen MR) is 128 cm³/mol. The molecule has 1 amide bonds. The van der Waals surface area contributed by atoms with Crippen molar-refractivity contribution < 1.29 is 9.53 Å². The molecule has 5 nitrogen and oxygen atoms in total. The van der Waals surface area contributed by atoms with Gasteiger partial charge in [0, 0.05) is 17.6 Å². The van der Waals surface area contributed by atoms with Crippen LogP contribution in [0.1, 0.15) is 28.8 Å². The molecule has 162 valence electrons. The van der Waals surface area contributed by atoms with Crippen LogP contribution >= 0.6 is 36.2 Å². The molecule has 0 fully saturated rings. The number of aromatic nitrogens is 1. The normalized spacial score (nSPS) is 9.93. The molecule has 0 aliphatic rings. The van der Waals surface area contributed by atoms with Gasteiger partial charge in [0.15, 0.2) is 0 Å². The van der Waals surface area contributed by atoms with E-state index < -0.39 is 0 Å². The topological polar surface area (TPSA) is 63.2 Å². The summed E-state index contributed by atoms with van der Waals surface area (Å²) < 4.78 is 5.75. The number of carbonyl (C=O) groups excluding carboxylic acids is 1. The van der Waals surface area contributed by atoms with Crippen LogP contribution in [0.4, 0.5) is 5.69 Å². The van der Waals surface area contributed by atoms with Crippen LogP contribution in [0.15, 0.2) is 53.9 Å². The van der Waals surface area contributed by atoms with Gasteiger partial charge >= 0.3 is 0 Å². The smallest absolute Gasteiger partial charge is 0.230 e. The van der Waals surface area contributed by atoms with Gasteiger partial charge in [-0.05, 0) is 37.2 Å². The first kappa shape index (κ1) is 25.9. The van der Waals surface area contributed by atoms with Gasteiger partial charge in [-0.25, -0.2) is 4.98 Å². The summed E-state index contributed by atoms with van der Waals surface area (Å²) in [6.45, 7) is 6.11. The zero-order chi connectivity index (χ0) is 19.8. The van der Waals surface area contributed by atoms with Crippen LogP contribution in [0.2, 0.25) is 0 Å². The van der Waals surface area contributed by atoms with Crippen molar-refractivity contribution in [2.75, 3.05) is 11.9 Å². The van der Waals surface area contributed by atoms with E-state index in [0.717, 1.165) is 40.8 Å². The highest BCUT2D eigenvalue weighted by Crippen LogP contribution is 2.18. The molecule has 1 heterocycles. The Morgan fingerprint density at radius 2 is 1.83 bits per heavy atom. The summed E-state index contributed by atoms with van der Waals surface area (Å²) in [5.74, 6) is 0.748. The number of amides is 1. The molecule has 2 aromatic carbocycles. The number of hydrogen-bond donors (Lipinski definition) is 2. The minimum Gasteiger partial charge on any atom is -0.486 e. The van der Waals surface area contributed by atoms with Crippen LogP contribution in [-0.4, -0.2) is 17.4 Å². The molecule has 0 bridgehead atoms. The predicted octanol–water partition coefficient (Wildman–Crippen LogP) is 5.16. The molecule has 3 rings (SSSR count). The van der Waals surface area contributed by atoms with Crippen molar-refractivity contribution >= 4 is 47.7 Å². The highest BCUT2D eigenvalue weighted by molar-refractivity contribution is 7.09. The van der Waals surface area contributed by atoms with Gasteiger partial charge in [-0.15, -0.1) is 36.2 Å². The van der Waals surface area contributed by atoms with Crippen LogP contribution < -0.4 is 15.4 Å². The summed E-state index contributed by atoms with van der Waals surface area (Å²) in [5.41, 5.74) is 3.87. The minimum absolute atomic E-state index is 0. The Bertz CT molecular complexity index is 917. The molecule has 0 unspecified atom stereocenters. The number of nitrogens with one attached hydrogen (secondary N) is 2. The third-order valence-corrected chi connectivity index (χ3v) is 5.05. The van der Waals surface area contributed by atoms with Gasteiger partial charge in [0.05, 0.1) is 12.1 Å². The van der Waals surface area contributed by atoms with Crippen molar-refractivity contribution in [3.05, 3.63) is 75.7 Å². The summed E-state index contributed by atoms with van der Waals surface area (Å²) in [6, 6.07) is 15.8. The molecule has 30 heavy (non-hydrogen) atoms. The molecule has 0 radical (unpaired) electrons. The maximum atomic E-state index is 12.4. The van der Waals surface area contributed by atoms with Gasteiger partial charge in [0.25, 0.3) is 0 Å². The average molecular weight is 468 g/mol. The Kier molecular flexibility index (Phi) is 11.4. The van der Waals surface area contributed by atoms with E-state index in [1.165, 1.54) is 16.9 Å². The molecule has 2 N–H and O–H groups in total. The third-order valence-electron chi connectivity index (χ3n) is 4.18. The SMILES string of the molecule is CCNCc1ccccc1NC(=O)Cc1csc(COc2ccc(C)cc2)n1.Cl.Cl. The number of thiazole rings is 1. The van der Waals surface area contributed by atoms with Crippen molar-refractivity contribution in [1.82, 2.24) is 10.3 Å². The largest absolute Gasteiger partial charge is 0.486 e. The molecule has 0 aliphatic heterocycles. The Balaban J connectivity index is 0.00000225. The number of rotatable bonds is 9. The molecule has 0 aliphatic carbocycles. The van der Waals surface area contributed by atoms with E-state index in [1.54, 1.807) is 0 Å². The average Bonchev–Trinajstić information content (AvgIpc) is 3.14. The number of nitrogens with zero attached hydrogens (tertiary/aromatic N) is 1. The van der Waals surface area contributed by atoms with Crippen molar-refractivity contribution in [3.63, 3.8) is 0 Å². The minimum atomic E-state index is -0.0692. The van der Waals surface area contributed by atoms with Crippen LogP contribution in [0.5, 0.6) is 5.75 Å². The Morgan fingerprint density at radius 3 is 2.57 bits per heavy atom. The number of hydrogen-bond acceptors (Lipinski definition) is 5. The molecule has 0 saturated heterocycles. The van der Waals surface area contributed by atoms with Gasteiger partial charge < -0.3 is 15.4 Å². The van der Waals surface area contributed by atoms with E-state index in [4.69, 9.17) is 4.74 Å². The number of ether oxygens (including phenoxy) is 1. The standard InChI is InChI=1S/C22H25N3O2S.2ClH/c1-3-23-13-17-6-4-5-7-20(17)25-21(26)12-18-15-28-22(24-18)14-27-19-10-8-16(2)9-11-19;;/h4-11,15,23H,3,12-14H2,1-2H3,(H,25,26);2*1H. The highest BCUT2D eigenvalue weighted by atomic mass is 35.5. The zero-order valence-corrected chi connectivity index (χ0v) is 19.5. The van der Waals surface area contributed by atoms with Crippen LogP contribution in [0, 0.1) is 6.92 Å². The molecular weight excluding hydrogens is 441 g/mol. The second kappa shape index (κ2) is 13.2. The van der Waals surface area contributed by atoms with Crippen molar-refractivity contribution in [2.24, 2.45) is 0 Å². The number of carbonyl (C=O) groups is 1. The first-order valence-corrected chi connectivity index (χ1v) is 10.2. The lowest BCUT2D eigenvalue weighted by molar-refractivity contribution is -0.115. The fraction of sp³-hybridized carbons (Fsp3) is 0.273. The van der Waals surface area contributed by atoms with Crippen LogP contribution in [0.25, 0.3) is 0 Å². The van der Waals surface area contributed by atoms with E-state index in [2.05, 4.69) is 22.5 Å². The van der Waals surface area contributed by atoms with E-state index in [0.29, 0.717) is 6.61 Å². The van der Waals surface area contributed by atoms with Crippen molar-refractivity contribution in [1.29, 1.82) is 0 Å². The molecule has 1 aromatic heterocycles. The van der Waals surface area contributed by atoms with Gasteiger partial charge in [0.1, 0.15) is 17.4 Å². The Morgan fingerprint density at radius 1 is 1.10 bits per heavy atom. The van der Waals surface area contributed by atoms with E-state index >= 15 is 0 Å². The lowest BCUT2D eigenvalue weighted by atomic mass is 10.1. The van der Waals surface area contributed by atoms with E-state index in [9.17, 15) is 4.79 Å². The van der Waals surface area contributed by atoms with Gasteiger partial charge in [-0.1, -0.05) is 42.8 Å². The fourth-order valence-electron chi connectivity index (χ4n) is 2.69. The van der Waals surface area contributed by atoms with Gasteiger partial charge in [-0.2, -0.15) is 0 Å². The summed E-state index contributed by atoms with van der Waals surface area (Å²) in [4.78, 5) is 16.9. The van der Waals surface area contributed by atoms with Crippen LogP contribution in [-0.2, 0) is 24.4 Å². The van der Waals surface area contributed by atoms with Gasteiger partial charge in [-0.3, -0.25) is 4.79 Å². The summed E-state index contributed by atoms with van der Waals surface area (Å²) >= 11 is 1.51. The first-order valence-electron chi connectivity index (χ1n) is 9.35. The van der Waals surface area contributed by atoms with E-state index in [-0.39, 0.29) is 37.1 Å². The maximum Gasteiger partial charge on any atom is 0.230 e. The highest BCUT2D eigenvalue weighted by Gasteiger charge is 2.10. The number of halogens is 2. The van der Waals surface area contributed by atoms with E-state index in [1.807, 2.05) is 60.8 Å². The number of benzene rings is 2. The van der Waals surface area contributed by atoms with Crippen LogP contribution in [0.3, 0.4) is 0 Å².